The maximum absolute atomic E-state index is 12.9. The number of benzene rings is 1. The van der Waals surface area contributed by atoms with Gasteiger partial charge in [-0.3, -0.25) is 4.79 Å². The molecule has 1 N–H and O–H groups in total. The predicted molar refractivity (Wildman–Crippen MR) is 96.2 cm³/mol. The van der Waals surface area contributed by atoms with E-state index in [0.717, 1.165) is 12.1 Å². The molecule has 0 bridgehead atoms. The van der Waals surface area contributed by atoms with Crippen LogP contribution >= 0.6 is 11.6 Å². The summed E-state index contributed by atoms with van der Waals surface area (Å²) in [5.74, 6) is 0.205. The van der Waals surface area contributed by atoms with E-state index in [1.807, 2.05) is 6.07 Å². The van der Waals surface area contributed by atoms with Crippen LogP contribution in [0.4, 0.5) is 8.78 Å². The number of rotatable bonds is 5. The molecule has 3 aromatic rings. The lowest BCUT2D eigenvalue weighted by Crippen LogP contribution is -2.29. The summed E-state index contributed by atoms with van der Waals surface area (Å²) in [5.41, 5.74) is 0.0648. The number of aromatic nitrogens is 4. The predicted octanol–water partition coefficient (Wildman–Crippen LogP) is 3.62. The monoisotopic (exact) mass is 402 g/mol. The van der Waals surface area contributed by atoms with Gasteiger partial charge < -0.3 is 5.32 Å². The number of hydrogen-bond donors (Lipinski definition) is 1. The summed E-state index contributed by atoms with van der Waals surface area (Å²) >= 11 is 5.83. The molecule has 0 fully saturated rings. The van der Waals surface area contributed by atoms with E-state index < -0.39 is 18.4 Å². The average molecular weight is 403 g/mol. The fraction of sp³-hybridized carbons (Fsp3) is 0.167. The van der Waals surface area contributed by atoms with Gasteiger partial charge in [0.2, 0.25) is 0 Å². The molecular weight excluding hydrogens is 390 g/mol. The van der Waals surface area contributed by atoms with Crippen LogP contribution in [-0.2, 0) is 0 Å². The van der Waals surface area contributed by atoms with Gasteiger partial charge in [0.25, 0.3) is 12.3 Å². The zero-order valence-electron chi connectivity index (χ0n) is 14.5. The highest BCUT2D eigenvalue weighted by Gasteiger charge is 2.20. The van der Waals surface area contributed by atoms with E-state index in [0.29, 0.717) is 17.2 Å². The molecule has 0 unspecified atom stereocenters. The van der Waals surface area contributed by atoms with E-state index in [1.54, 1.807) is 19.1 Å². The van der Waals surface area contributed by atoms with E-state index in [9.17, 15) is 13.6 Å². The first kappa shape index (κ1) is 19.4. The van der Waals surface area contributed by atoms with E-state index in [4.69, 9.17) is 16.9 Å². The van der Waals surface area contributed by atoms with Crippen molar-refractivity contribution in [1.82, 2.24) is 25.1 Å². The van der Waals surface area contributed by atoms with Gasteiger partial charge in [0.1, 0.15) is 12.4 Å². The second-order valence-corrected chi connectivity index (χ2v) is 6.25. The van der Waals surface area contributed by atoms with Crippen molar-refractivity contribution in [1.29, 1.82) is 5.26 Å². The second-order valence-electron chi connectivity index (χ2n) is 5.82. The van der Waals surface area contributed by atoms with Crippen molar-refractivity contribution < 1.29 is 13.6 Å². The van der Waals surface area contributed by atoms with E-state index in [2.05, 4.69) is 20.4 Å². The van der Waals surface area contributed by atoms with Crippen molar-refractivity contribution in [2.75, 3.05) is 0 Å². The molecule has 28 heavy (non-hydrogen) atoms. The molecule has 1 amide bonds. The first-order chi connectivity index (χ1) is 13.4. The number of carbonyl (C=O) groups is 1. The summed E-state index contributed by atoms with van der Waals surface area (Å²) in [6.45, 7) is 1.67. The van der Waals surface area contributed by atoms with Crippen LogP contribution in [0.15, 0.2) is 42.9 Å². The molecule has 1 atom stereocenters. The number of hydrogen-bond acceptors (Lipinski definition) is 5. The quantitative estimate of drug-likeness (QED) is 0.703. The maximum atomic E-state index is 12.9. The Labute approximate surface area is 163 Å². The Morgan fingerprint density at radius 3 is 2.71 bits per heavy atom. The molecule has 10 heteroatoms. The molecule has 3 rings (SSSR count). The van der Waals surface area contributed by atoms with E-state index in [1.165, 1.54) is 23.3 Å². The van der Waals surface area contributed by atoms with E-state index in [-0.39, 0.29) is 16.1 Å². The second kappa shape index (κ2) is 8.10. The lowest BCUT2D eigenvalue weighted by Gasteiger charge is -2.15. The van der Waals surface area contributed by atoms with Gasteiger partial charge in [-0.2, -0.15) is 15.0 Å². The lowest BCUT2D eigenvalue weighted by atomic mass is 10.1. The highest BCUT2D eigenvalue weighted by Crippen LogP contribution is 2.24. The Bertz CT molecular complexity index is 1040. The number of pyridine rings is 1. The van der Waals surface area contributed by atoms with Crippen molar-refractivity contribution in [3.63, 3.8) is 0 Å². The Morgan fingerprint density at radius 1 is 1.29 bits per heavy atom. The highest BCUT2D eigenvalue weighted by molar-refractivity contribution is 6.31. The molecule has 0 saturated heterocycles. The fourth-order valence-corrected chi connectivity index (χ4v) is 2.76. The zero-order chi connectivity index (χ0) is 20.3. The van der Waals surface area contributed by atoms with Crippen molar-refractivity contribution in [2.24, 2.45) is 0 Å². The van der Waals surface area contributed by atoms with Gasteiger partial charge in [-0.1, -0.05) is 11.6 Å². The molecule has 2 heterocycles. The standard InChI is InChI=1S/C18H13ClF2N6O/c1-10(26-18(28)13-4-12(16(20)21)5-14(19)6-13)17-24-9-25-27(17)15-3-2-11(7-22)8-23-15/h2-6,8-10,16H,1H3,(H,26,28)/t10-/m0/s1. The van der Waals surface area contributed by atoms with Crippen LogP contribution in [0.25, 0.3) is 5.82 Å². The average Bonchev–Trinajstić information content (AvgIpc) is 3.17. The zero-order valence-corrected chi connectivity index (χ0v) is 15.2. The first-order valence-electron chi connectivity index (χ1n) is 8.05. The first-order valence-corrected chi connectivity index (χ1v) is 8.42. The Balaban J connectivity index is 1.82. The topological polar surface area (TPSA) is 96.5 Å². The third kappa shape index (κ3) is 4.13. The van der Waals surface area contributed by atoms with Gasteiger partial charge in [-0.25, -0.2) is 18.7 Å². The minimum Gasteiger partial charge on any atom is -0.342 e. The van der Waals surface area contributed by atoms with Gasteiger partial charge >= 0.3 is 0 Å². The van der Waals surface area contributed by atoms with Gasteiger partial charge in [0, 0.05) is 22.3 Å². The highest BCUT2D eigenvalue weighted by atomic mass is 35.5. The minimum absolute atomic E-state index is 0.0113. The van der Waals surface area contributed by atoms with Gasteiger partial charge in [-0.15, -0.1) is 0 Å². The molecule has 2 aromatic heterocycles. The van der Waals surface area contributed by atoms with Crippen molar-refractivity contribution in [3.05, 3.63) is 70.4 Å². The SMILES string of the molecule is C[C@H](NC(=O)c1cc(Cl)cc(C(F)F)c1)c1ncnn1-c1ccc(C#N)cn1. The fourth-order valence-electron chi connectivity index (χ4n) is 2.51. The van der Waals surface area contributed by atoms with Crippen LogP contribution in [0.5, 0.6) is 0 Å². The molecule has 0 saturated carbocycles. The number of nitrogens with one attached hydrogen (secondary N) is 1. The summed E-state index contributed by atoms with van der Waals surface area (Å²) in [6, 6.07) is 8.04. The number of nitrogens with zero attached hydrogens (tertiary/aromatic N) is 5. The maximum Gasteiger partial charge on any atom is 0.263 e. The molecule has 0 spiro atoms. The van der Waals surface area contributed by atoms with Crippen LogP contribution in [-0.4, -0.2) is 25.7 Å². The molecule has 0 aliphatic heterocycles. The van der Waals surface area contributed by atoms with Crippen molar-refractivity contribution >= 4 is 17.5 Å². The van der Waals surface area contributed by atoms with Crippen molar-refractivity contribution in [2.45, 2.75) is 19.4 Å². The summed E-state index contributed by atoms with van der Waals surface area (Å²) in [4.78, 5) is 20.8. The molecule has 0 aliphatic carbocycles. The molecule has 1 aromatic carbocycles. The smallest absolute Gasteiger partial charge is 0.263 e. The molecule has 0 aliphatic rings. The lowest BCUT2D eigenvalue weighted by molar-refractivity contribution is 0.0937. The van der Waals surface area contributed by atoms with Crippen LogP contribution in [0.3, 0.4) is 0 Å². The number of amides is 1. The summed E-state index contributed by atoms with van der Waals surface area (Å²) in [6.07, 6.45) is -0.0538. The van der Waals surface area contributed by atoms with Gasteiger partial charge in [0.05, 0.1) is 11.6 Å². The molecular formula is C18H13ClF2N6O. The summed E-state index contributed by atoms with van der Waals surface area (Å²) in [7, 11) is 0. The Hall–Kier alpha value is -3.38. The Morgan fingerprint density at radius 2 is 2.07 bits per heavy atom. The number of carbonyl (C=O) groups excluding carboxylic acids is 1. The summed E-state index contributed by atoms with van der Waals surface area (Å²) < 4.78 is 27.3. The van der Waals surface area contributed by atoms with Crippen LogP contribution in [0.2, 0.25) is 5.02 Å². The number of halogens is 3. The van der Waals surface area contributed by atoms with Crippen LogP contribution in [0.1, 0.15) is 46.7 Å². The summed E-state index contributed by atoms with van der Waals surface area (Å²) in [5, 5.41) is 15.7. The third-order valence-electron chi connectivity index (χ3n) is 3.84. The Kier molecular flexibility index (Phi) is 5.61. The van der Waals surface area contributed by atoms with Gasteiger partial charge in [0.15, 0.2) is 11.6 Å². The number of alkyl halides is 2. The minimum atomic E-state index is -2.74. The molecule has 142 valence electrons. The normalized spacial score (nSPS) is 11.9. The number of nitriles is 1. The largest absolute Gasteiger partial charge is 0.342 e. The van der Waals surface area contributed by atoms with Gasteiger partial charge in [-0.05, 0) is 37.3 Å². The van der Waals surface area contributed by atoms with E-state index >= 15 is 0 Å². The molecule has 7 nitrogen and oxygen atoms in total. The van der Waals surface area contributed by atoms with Crippen LogP contribution in [0, 0.1) is 11.3 Å². The third-order valence-corrected chi connectivity index (χ3v) is 4.06. The van der Waals surface area contributed by atoms with Crippen LogP contribution < -0.4 is 5.32 Å². The molecule has 0 radical (unpaired) electrons. The van der Waals surface area contributed by atoms with Crippen molar-refractivity contribution in [3.8, 4) is 11.9 Å².